The van der Waals surface area contributed by atoms with E-state index in [4.69, 9.17) is 0 Å². The Morgan fingerprint density at radius 2 is 1.95 bits per heavy atom. The highest BCUT2D eigenvalue weighted by Crippen LogP contribution is 2.34. The van der Waals surface area contributed by atoms with Gasteiger partial charge >= 0.3 is 0 Å². The summed E-state index contributed by atoms with van der Waals surface area (Å²) in [5.74, 6) is 0.716. The predicted octanol–water partition coefficient (Wildman–Crippen LogP) is 4.48. The average molecular weight is 285 g/mol. The normalized spacial score (nSPS) is 17.6. The molecule has 1 aliphatic rings. The van der Waals surface area contributed by atoms with Crippen LogP contribution in [0.15, 0.2) is 36.4 Å². The van der Waals surface area contributed by atoms with E-state index >= 15 is 0 Å². The molecule has 0 spiro atoms. The number of fused-ring (bicyclic) bond motifs is 1. The van der Waals surface area contributed by atoms with Crippen LogP contribution in [-0.2, 0) is 18.4 Å². The Bertz CT molecular complexity index is 591. The molecular formula is C18H23NS. The summed E-state index contributed by atoms with van der Waals surface area (Å²) < 4.78 is 0. The fourth-order valence-corrected chi connectivity index (χ4v) is 3.83. The largest absolute Gasteiger partial charge is 0.311 e. The molecule has 0 fully saturated rings. The summed E-state index contributed by atoms with van der Waals surface area (Å²) in [5.41, 5.74) is 3.35. The lowest BCUT2D eigenvalue weighted by Gasteiger charge is -2.30. The van der Waals surface area contributed by atoms with Gasteiger partial charge in [0.05, 0.1) is 0 Å². The standard InChI is InChI=1S/C18H23NS/c1-18(2,3)17-9-8-15(20-17)12-19-11-14-10-13-6-4-5-7-16(13)14/h4-9,14,19H,10-12H2,1-3H3. The second-order valence-corrected chi connectivity index (χ2v) is 7.92. The van der Waals surface area contributed by atoms with Gasteiger partial charge in [-0.05, 0) is 35.1 Å². The van der Waals surface area contributed by atoms with Gasteiger partial charge in [0.25, 0.3) is 0 Å². The maximum absolute atomic E-state index is 3.62. The SMILES string of the molecule is CC(C)(C)c1ccc(CNCC2Cc3ccccc32)s1. The Labute approximate surface area is 126 Å². The molecule has 1 unspecified atom stereocenters. The minimum absolute atomic E-state index is 0.274. The minimum atomic E-state index is 0.274. The molecule has 3 rings (SSSR count). The topological polar surface area (TPSA) is 12.0 Å². The lowest BCUT2D eigenvalue weighted by atomic mass is 9.77. The average Bonchev–Trinajstić information content (AvgIpc) is 2.83. The van der Waals surface area contributed by atoms with Gasteiger partial charge in [0.15, 0.2) is 0 Å². The maximum Gasteiger partial charge on any atom is 0.0300 e. The van der Waals surface area contributed by atoms with Crippen molar-refractivity contribution in [2.75, 3.05) is 6.54 Å². The zero-order valence-electron chi connectivity index (χ0n) is 12.6. The lowest BCUT2D eigenvalue weighted by Crippen LogP contribution is -2.28. The van der Waals surface area contributed by atoms with E-state index < -0.39 is 0 Å². The van der Waals surface area contributed by atoms with E-state index in [2.05, 4.69) is 62.5 Å². The number of thiophene rings is 1. The summed E-state index contributed by atoms with van der Waals surface area (Å²) in [4.78, 5) is 2.92. The van der Waals surface area contributed by atoms with Crippen LogP contribution in [0.5, 0.6) is 0 Å². The number of rotatable bonds is 4. The van der Waals surface area contributed by atoms with Crippen LogP contribution in [0, 0.1) is 0 Å². The van der Waals surface area contributed by atoms with E-state index in [1.165, 1.54) is 21.7 Å². The van der Waals surface area contributed by atoms with Gasteiger partial charge < -0.3 is 5.32 Å². The number of benzene rings is 1. The van der Waals surface area contributed by atoms with E-state index in [-0.39, 0.29) is 5.41 Å². The van der Waals surface area contributed by atoms with Crippen LogP contribution < -0.4 is 5.32 Å². The summed E-state index contributed by atoms with van der Waals surface area (Å²) in [6.07, 6.45) is 1.24. The zero-order chi connectivity index (χ0) is 14.2. The second-order valence-electron chi connectivity index (χ2n) is 6.75. The highest BCUT2D eigenvalue weighted by atomic mass is 32.1. The maximum atomic E-state index is 3.62. The van der Waals surface area contributed by atoms with Crippen LogP contribution in [0.4, 0.5) is 0 Å². The third kappa shape index (κ3) is 2.82. The fraction of sp³-hybridized carbons (Fsp3) is 0.444. The first-order chi connectivity index (χ1) is 9.54. The van der Waals surface area contributed by atoms with Crippen molar-refractivity contribution in [2.24, 2.45) is 0 Å². The lowest BCUT2D eigenvalue weighted by molar-refractivity contribution is 0.537. The van der Waals surface area contributed by atoms with Gasteiger partial charge in [-0.15, -0.1) is 11.3 Å². The van der Waals surface area contributed by atoms with Crippen LogP contribution in [0.25, 0.3) is 0 Å². The molecule has 1 N–H and O–H groups in total. The van der Waals surface area contributed by atoms with E-state index in [0.717, 1.165) is 13.1 Å². The molecule has 2 heteroatoms. The third-order valence-electron chi connectivity index (χ3n) is 4.05. The van der Waals surface area contributed by atoms with Crippen molar-refractivity contribution < 1.29 is 0 Å². The van der Waals surface area contributed by atoms with E-state index in [1.54, 1.807) is 5.56 Å². The van der Waals surface area contributed by atoms with Crippen LogP contribution in [0.1, 0.15) is 47.6 Å². The molecule has 0 bridgehead atoms. The molecule has 106 valence electrons. The molecule has 1 aromatic carbocycles. The molecule has 1 heterocycles. The highest BCUT2D eigenvalue weighted by Gasteiger charge is 2.24. The predicted molar refractivity (Wildman–Crippen MR) is 87.6 cm³/mol. The van der Waals surface area contributed by atoms with Crippen molar-refractivity contribution in [1.82, 2.24) is 5.32 Å². The van der Waals surface area contributed by atoms with Crippen molar-refractivity contribution in [3.05, 3.63) is 57.3 Å². The molecule has 2 aromatic rings. The number of nitrogens with one attached hydrogen (secondary N) is 1. The first-order valence-electron chi connectivity index (χ1n) is 7.42. The van der Waals surface area contributed by atoms with Crippen molar-refractivity contribution in [2.45, 2.75) is 45.1 Å². The van der Waals surface area contributed by atoms with Crippen LogP contribution in [0.2, 0.25) is 0 Å². The summed E-state index contributed by atoms with van der Waals surface area (Å²) >= 11 is 1.94. The molecule has 0 saturated carbocycles. The molecule has 1 aliphatic carbocycles. The second kappa shape index (κ2) is 5.34. The van der Waals surface area contributed by atoms with Gasteiger partial charge in [0.1, 0.15) is 0 Å². The van der Waals surface area contributed by atoms with Gasteiger partial charge in [-0.25, -0.2) is 0 Å². The quantitative estimate of drug-likeness (QED) is 0.873. The Kier molecular flexibility index (Phi) is 3.70. The monoisotopic (exact) mass is 285 g/mol. The molecule has 0 saturated heterocycles. The van der Waals surface area contributed by atoms with E-state index in [0.29, 0.717) is 5.92 Å². The highest BCUT2D eigenvalue weighted by molar-refractivity contribution is 7.12. The van der Waals surface area contributed by atoms with Crippen LogP contribution in [0.3, 0.4) is 0 Å². The number of hydrogen-bond acceptors (Lipinski definition) is 2. The molecule has 0 aliphatic heterocycles. The Morgan fingerprint density at radius 1 is 1.15 bits per heavy atom. The summed E-state index contributed by atoms with van der Waals surface area (Å²) in [6.45, 7) is 8.93. The molecule has 1 nitrogen and oxygen atoms in total. The fourth-order valence-electron chi connectivity index (χ4n) is 2.79. The van der Waals surface area contributed by atoms with Gasteiger partial charge in [-0.3, -0.25) is 0 Å². The van der Waals surface area contributed by atoms with Crippen LogP contribution >= 0.6 is 11.3 Å². The van der Waals surface area contributed by atoms with E-state index in [9.17, 15) is 0 Å². The van der Waals surface area contributed by atoms with Crippen LogP contribution in [-0.4, -0.2) is 6.54 Å². The summed E-state index contributed by atoms with van der Waals surface area (Å²) in [6, 6.07) is 13.4. The van der Waals surface area contributed by atoms with E-state index in [1.807, 2.05) is 11.3 Å². The van der Waals surface area contributed by atoms with Crippen molar-refractivity contribution in [3.63, 3.8) is 0 Å². The van der Waals surface area contributed by atoms with Gasteiger partial charge in [-0.1, -0.05) is 45.0 Å². The molecule has 20 heavy (non-hydrogen) atoms. The van der Waals surface area contributed by atoms with Gasteiger partial charge in [0.2, 0.25) is 0 Å². The molecule has 1 atom stereocenters. The Morgan fingerprint density at radius 3 is 2.65 bits per heavy atom. The smallest absolute Gasteiger partial charge is 0.0300 e. The van der Waals surface area contributed by atoms with Crippen molar-refractivity contribution in [3.8, 4) is 0 Å². The number of hydrogen-bond donors (Lipinski definition) is 1. The minimum Gasteiger partial charge on any atom is -0.311 e. The zero-order valence-corrected chi connectivity index (χ0v) is 13.4. The molecule has 1 aromatic heterocycles. The summed E-state index contributed by atoms with van der Waals surface area (Å²) in [5, 5.41) is 3.62. The van der Waals surface area contributed by atoms with Gasteiger partial charge in [-0.2, -0.15) is 0 Å². The molecule has 0 radical (unpaired) electrons. The van der Waals surface area contributed by atoms with Crippen molar-refractivity contribution in [1.29, 1.82) is 0 Å². The Balaban J connectivity index is 1.51. The third-order valence-corrected chi connectivity index (χ3v) is 5.56. The van der Waals surface area contributed by atoms with Crippen molar-refractivity contribution >= 4 is 11.3 Å². The molecular weight excluding hydrogens is 262 g/mol. The summed E-state index contributed by atoms with van der Waals surface area (Å²) in [7, 11) is 0. The molecule has 0 amide bonds. The Hall–Kier alpha value is -1.12. The van der Waals surface area contributed by atoms with Gasteiger partial charge in [0, 0.05) is 28.8 Å². The first kappa shape index (κ1) is 13.8. The first-order valence-corrected chi connectivity index (χ1v) is 8.23.